The minimum atomic E-state index is 0. The summed E-state index contributed by atoms with van der Waals surface area (Å²) in [6.45, 7) is 13.5. The second-order valence-corrected chi connectivity index (χ2v) is 5.52. The highest BCUT2D eigenvalue weighted by atomic mass is 35.5. The Morgan fingerprint density at radius 3 is 2.05 bits per heavy atom. The van der Waals surface area contributed by atoms with Crippen molar-refractivity contribution in [1.82, 2.24) is 20.4 Å². The summed E-state index contributed by atoms with van der Waals surface area (Å²) in [5, 5.41) is 6.09. The van der Waals surface area contributed by atoms with E-state index in [1.54, 1.807) is 0 Å². The van der Waals surface area contributed by atoms with Gasteiger partial charge in [-0.15, -0.1) is 37.2 Å². The number of carbonyl (C=O) groups excluding carboxylic acids is 1. The largest absolute Gasteiger partial charge is 0.354 e. The number of halogens is 3. The van der Waals surface area contributed by atoms with Gasteiger partial charge in [-0.3, -0.25) is 9.69 Å². The van der Waals surface area contributed by atoms with Crippen molar-refractivity contribution in [2.24, 2.45) is 5.92 Å². The number of nitrogens with one attached hydrogen (secondary N) is 2. The number of nitrogens with zero attached hydrogens (tertiary/aromatic N) is 2. The summed E-state index contributed by atoms with van der Waals surface area (Å²) in [5.41, 5.74) is 0. The summed E-state index contributed by atoms with van der Waals surface area (Å²) in [6, 6.07) is 0.421. The fourth-order valence-electron chi connectivity index (χ4n) is 2.47. The van der Waals surface area contributed by atoms with Crippen molar-refractivity contribution in [3.8, 4) is 0 Å². The molecular weight excluding hydrogens is 347 g/mol. The lowest BCUT2D eigenvalue weighted by atomic mass is 10.1. The maximum Gasteiger partial charge on any atom is 0.224 e. The van der Waals surface area contributed by atoms with E-state index in [4.69, 9.17) is 0 Å². The molecule has 2 atom stereocenters. The van der Waals surface area contributed by atoms with Gasteiger partial charge in [-0.25, -0.2) is 0 Å². The van der Waals surface area contributed by atoms with E-state index >= 15 is 0 Å². The number of likely N-dealkylation sites (N-methyl/N-ethyl adjacent to an activating group) is 1. The van der Waals surface area contributed by atoms with E-state index in [0.717, 1.165) is 45.8 Å². The van der Waals surface area contributed by atoms with E-state index in [2.05, 4.69) is 34.3 Å². The van der Waals surface area contributed by atoms with Crippen LogP contribution in [0.4, 0.5) is 0 Å². The fraction of sp³-hybridized carbons (Fsp3) is 0.929. The number of carbonyl (C=O) groups is 1. The van der Waals surface area contributed by atoms with Gasteiger partial charge in [0.05, 0.1) is 0 Å². The molecule has 0 aliphatic carbocycles. The van der Waals surface area contributed by atoms with Crippen molar-refractivity contribution < 1.29 is 4.79 Å². The summed E-state index contributed by atoms with van der Waals surface area (Å²) < 4.78 is 0. The van der Waals surface area contributed by atoms with Crippen LogP contribution in [0.25, 0.3) is 0 Å². The van der Waals surface area contributed by atoms with Crippen LogP contribution in [0.2, 0.25) is 0 Å². The highest BCUT2D eigenvalue weighted by Crippen LogP contribution is 2.05. The minimum Gasteiger partial charge on any atom is -0.354 e. The van der Waals surface area contributed by atoms with Crippen LogP contribution in [0, 0.1) is 5.92 Å². The Bertz CT molecular complexity index is 277. The predicted molar refractivity (Wildman–Crippen MR) is 101 cm³/mol. The molecule has 0 aromatic rings. The maximum absolute atomic E-state index is 11.8. The molecule has 0 saturated carbocycles. The molecule has 2 unspecified atom stereocenters. The van der Waals surface area contributed by atoms with Crippen LogP contribution in [-0.2, 0) is 4.79 Å². The summed E-state index contributed by atoms with van der Waals surface area (Å²) in [4.78, 5) is 16.8. The lowest BCUT2D eigenvalue weighted by Gasteiger charge is -2.37. The number of rotatable bonds is 7. The van der Waals surface area contributed by atoms with Crippen LogP contribution in [0.1, 0.15) is 20.8 Å². The third-order valence-corrected chi connectivity index (χ3v) is 4.01. The van der Waals surface area contributed by atoms with Crippen LogP contribution in [0.15, 0.2) is 0 Å². The van der Waals surface area contributed by atoms with E-state index in [1.807, 2.05) is 14.0 Å². The number of amides is 1. The molecule has 1 amide bonds. The zero-order valence-electron chi connectivity index (χ0n) is 14.1. The van der Waals surface area contributed by atoms with Crippen LogP contribution in [-0.4, -0.2) is 74.6 Å². The van der Waals surface area contributed by atoms with Crippen LogP contribution in [0.5, 0.6) is 0 Å². The van der Waals surface area contributed by atoms with Crippen LogP contribution >= 0.6 is 37.2 Å². The molecule has 0 bridgehead atoms. The van der Waals surface area contributed by atoms with Gasteiger partial charge in [0.2, 0.25) is 5.91 Å². The Labute approximate surface area is 154 Å². The Morgan fingerprint density at radius 2 is 1.59 bits per heavy atom. The van der Waals surface area contributed by atoms with Gasteiger partial charge in [0.1, 0.15) is 0 Å². The number of hydrogen-bond donors (Lipinski definition) is 2. The molecule has 0 aromatic heterocycles. The van der Waals surface area contributed by atoms with Gasteiger partial charge < -0.3 is 15.5 Å². The molecule has 0 spiro atoms. The van der Waals surface area contributed by atoms with Gasteiger partial charge in [-0.2, -0.15) is 0 Å². The molecule has 1 aliphatic heterocycles. The highest BCUT2D eigenvalue weighted by molar-refractivity contribution is 5.86. The smallest absolute Gasteiger partial charge is 0.224 e. The van der Waals surface area contributed by atoms with Crippen molar-refractivity contribution in [1.29, 1.82) is 0 Å². The third-order valence-electron chi connectivity index (χ3n) is 4.01. The molecule has 5 nitrogen and oxygen atoms in total. The molecule has 0 aromatic carbocycles. The minimum absolute atomic E-state index is 0. The predicted octanol–water partition coefficient (Wildman–Crippen LogP) is 1.25. The molecule has 22 heavy (non-hydrogen) atoms. The Morgan fingerprint density at radius 1 is 1.05 bits per heavy atom. The molecule has 1 aliphatic rings. The zero-order valence-corrected chi connectivity index (χ0v) is 16.6. The van der Waals surface area contributed by atoms with Gasteiger partial charge in [0.25, 0.3) is 0 Å². The van der Waals surface area contributed by atoms with E-state index in [-0.39, 0.29) is 49.0 Å². The molecule has 2 N–H and O–H groups in total. The van der Waals surface area contributed by atoms with Gasteiger partial charge in [0, 0.05) is 51.2 Å². The first-order chi connectivity index (χ1) is 9.08. The lowest BCUT2D eigenvalue weighted by Crippen LogP contribution is -2.52. The summed E-state index contributed by atoms with van der Waals surface area (Å²) in [5.74, 6) is 0.183. The van der Waals surface area contributed by atoms with E-state index < -0.39 is 0 Å². The second kappa shape index (κ2) is 14.8. The quantitative estimate of drug-likeness (QED) is 0.699. The van der Waals surface area contributed by atoms with Crippen LogP contribution in [0.3, 0.4) is 0 Å². The summed E-state index contributed by atoms with van der Waals surface area (Å²) in [7, 11) is 1.87. The summed E-state index contributed by atoms with van der Waals surface area (Å²) in [6.07, 6.45) is 0. The zero-order chi connectivity index (χ0) is 14.3. The average Bonchev–Trinajstić information content (AvgIpc) is 2.44. The van der Waals surface area contributed by atoms with Gasteiger partial charge in [0.15, 0.2) is 0 Å². The van der Waals surface area contributed by atoms with Crippen molar-refractivity contribution >= 4 is 43.1 Å². The highest BCUT2D eigenvalue weighted by Gasteiger charge is 2.21. The molecule has 0 radical (unpaired) electrons. The molecule has 8 heteroatoms. The van der Waals surface area contributed by atoms with Crippen molar-refractivity contribution in [2.75, 3.05) is 52.9 Å². The first-order valence-corrected chi connectivity index (χ1v) is 7.47. The standard InChI is InChI=1S/C14H30N4O.3ClH/c1-5-17-6-8-18(9-7-17)13(3)11-16-14(19)12(2)10-15-4;;;/h12-13,15H,5-11H2,1-4H3,(H,16,19);3*1H. The molecule has 136 valence electrons. The fourth-order valence-corrected chi connectivity index (χ4v) is 2.47. The first kappa shape index (κ1) is 27.1. The average molecular weight is 380 g/mol. The topological polar surface area (TPSA) is 47.6 Å². The lowest BCUT2D eigenvalue weighted by molar-refractivity contribution is -0.124. The van der Waals surface area contributed by atoms with E-state index in [1.165, 1.54) is 0 Å². The Hall–Kier alpha value is 0.220. The molecule has 1 heterocycles. The molecule has 1 saturated heterocycles. The van der Waals surface area contributed by atoms with Crippen molar-refractivity contribution in [3.05, 3.63) is 0 Å². The molecule has 1 rings (SSSR count). The Balaban J connectivity index is -0.00000120. The van der Waals surface area contributed by atoms with Gasteiger partial charge in [-0.05, 0) is 20.5 Å². The van der Waals surface area contributed by atoms with Gasteiger partial charge >= 0.3 is 0 Å². The van der Waals surface area contributed by atoms with Crippen molar-refractivity contribution in [2.45, 2.75) is 26.8 Å². The maximum atomic E-state index is 11.8. The third kappa shape index (κ3) is 9.38. The van der Waals surface area contributed by atoms with E-state index in [0.29, 0.717) is 6.04 Å². The molecular formula is C14H33Cl3N4O. The number of piperazine rings is 1. The second-order valence-electron chi connectivity index (χ2n) is 5.52. The van der Waals surface area contributed by atoms with E-state index in [9.17, 15) is 4.79 Å². The monoisotopic (exact) mass is 378 g/mol. The first-order valence-electron chi connectivity index (χ1n) is 7.47. The Kier molecular flexibility index (Phi) is 18.2. The van der Waals surface area contributed by atoms with Gasteiger partial charge in [-0.1, -0.05) is 13.8 Å². The van der Waals surface area contributed by atoms with Crippen molar-refractivity contribution in [3.63, 3.8) is 0 Å². The SMILES string of the molecule is CCN1CCN(C(C)CNC(=O)C(C)CNC)CC1.Cl.Cl.Cl. The molecule has 1 fully saturated rings. The number of hydrogen-bond acceptors (Lipinski definition) is 4. The summed E-state index contributed by atoms with van der Waals surface area (Å²) >= 11 is 0. The van der Waals surface area contributed by atoms with Crippen LogP contribution < -0.4 is 10.6 Å². The normalized spacial score (nSPS) is 18.2.